The van der Waals surface area contributed by atoms with Crippen LogP contribution in [0, 0.1) is 31.9 Å². The lowest BCUT2D eigenvalue weighted by molar-refractivity contribution is -0.387. The summed E-state index contributed by atoms with van der Waals surface area (Å²) in [5.41, 5.74) is -0.687. The van der Waals surface area contributed by atoms with Crippen molar-refractivity contribution in [2.45, 2.75) is 45.8 Å². The number of rotatable bonds is 12. The zero-order valence-electron chi connectivity index (χ0n) is 18.4. The molecule has 0 aliphatic rings. The van der Waals surface area contributed by atoms with Crippen LogP contribution in [-0.4, -0.2) is 29.3 Å². The second kappa shape index (κ2) is 14.7. The van der Waals surface area contributed by atoms with Gasteiger partial charge in [0.1, 0.15) is 11.6 Å². The van der Waals surface area contributed by atoms with E-state index >= 15 is 0 Å². The average molecular weight is 468 g/mol. The van der Waals surface area contributed by atoms with Gasteiger partial charge in [0.2, 0.25) is 0 Å². The fourth-order valence-electron chi connectivity index (χ4n) is 2.56. The highest BCUT2D eigenvalue weighted by molar-refractivity contribution is 5.81. The van der Waals surface area contributed by atoms with E-state index < -0.39 is 27.8 Å². The lowest BCUT2D eigenvalue weighted by Crippen LogP contribution is -2.13. The highest BCUT2D eigenvalue weighted by Gasteiger charge is 2.24. The molecule has 0 radical (unpaired) electrons. The Morgan fingerprint density at radius 1 is 0.879 bits per heavy atom. The molecule has 33 heavy (non-hydrogen) atoms. The second-order valence-electron chi connectivity index (χ2n) is 6.82. The summed E-state index contributed by atoms with van der Waals surface area (Å²) in [6.07, 6.45) is 2.85. The molecule has 0 heterocycles. The van der Waals surface area contributed by atoms with Crippen LogP contribution in [0.3, 0.4) is 0 Å². The van der Waals surface area contributed by atoms with Gasteiger partial charge < -0.3 is 9.47 Å². The number of hydrogen-bond acceptors (Lipinski definition) is 7. The Hall–Kier alpha value is -3.31. The largest absolute Gasteiger partial charge is 0.348 e. The van der Waals surface area contributed by atoms with Crippen LogP contribution in [0.15, 0.2) is 36.4 Å². The molecule has 0 aliphatic carbocycles. The summed E-state index contributed by atoms with van der Waals surface area (Å²) < 4.78 is 37.0. The van der Waals surface area contributed by atoms with E-state index in [-0.39, 0.29) is 28.8 Å². The molecule has 0 amide bonds. The summed E-state index contributed by atoms with van der Waals surface area (Å²) in [5, 5.41) is 21.3. The molecule has 0 saturated carbocycles. The van der Waals surface area contributed by atoms with E-state index in [2.05, 4.69) is 0 Å². The molecule has 0 atom stereocenters. The first-order chi connectivity index (χ1) is 15.7. The van der Waals surface area contributed by atoms with Crippen molar-refractivity contribution in [2.75, 3.05) is 13.2 Å². The molecule has 0 fully saturated rings. The Bertz CT molecular complexity index is 931. The summed E-state index contributed by atoms with van der Waals surface area (Å²) in [5.74, 6) is -1.21. The van der Waals surface area contributed by atoms with Crippen molar-refractivity contribution in [1.29, 1.82) is 0 Å². The number of unbranched alkanes of at least 4 members (excludes halogenated alkanes) is 2. The van der Waals surface area contributed by atoms with Crippen LogP contribution in [0.5, 0.6) is 0 Å². The summed E-state index contributed by atoms with van der Waals surface area (Å²) in [4.78, 5) is 30.2. The number of ether oxygens (including phenoxy) is 2. The van der Waals surface area contributed by atoms with Crippen molar-refractivity contribution >= 4 is 17.7 Å². The van der Waals surface area contributed by atoms with E-state index in [1.807, 2.05) is 13.8 Å². The van der Waals surface area contributed by atoms with Crippen molar-refractivity contribution in [3.8, 4) is 0 Å². The molecule has 2 aromatic carbocycles. The Morgan fingerprint density at radius 3 is 1.82 bits per heavy atom. The normalized spacial score (nSPS) is 10.5. The van der Waals surface area contributed by atoms with Gasteiger partial charge in [-0.1, -0.05) is 26.7 Å². The minimum absolute atomic E-state index is 0.132. The lowest BCUT2D eigenvalue weighted by Gasteiger charge is -2.19. The summed E-state index contributed by atoms with van der Waals surface area (Å²) in [7, 11) is 0. The first kappa shape index (κ1) is 27.7. The smallest absolute Gasteiger partial charge is 0.280 e. The highest BCUT2D eigenvalue weighted by atomic mass is 19.1. The van der Waals surface area contributed by atoms with Gasteiger partial charge in [-0.25, -0.2) is 8.78 Å². The maximum absolute atomic E-state index is 13.4. The SMILES string of the molecule is CCCCOC(OCCCC)c1cc(F)ccc1[N+](=O)[O-].O=Cc1cc(F)ccc1[N+](=O)[O-]. The molecule has 2 rings (SSSR count). The number of carbonyl (C=O) groups is 1. The standard InChI is InChI=1S/C15H22FNO4.C7H4FNO3/c1-3-5-9-20-15(21-10-6-4-2)13-11-12(16)7-8-14(13)17(18)19;8-6-1-2-7(9(11)12)5(3-6)4-10/h7-8,11,15H,3-6,9-10H2,1-2H3;1-4H. The minimum atomic E-state index is -0.904. The summed E-state index contributed by atoms with van der Waals surface area (Å²) >= 11 is 0. The van der Waals surface area contributed by atoms with Crippen molar-refractivity contribution < 1.29 is 32.9 Å². The van der Waals surface area contributed by atoms with E-state index in [1.54, 1.807) is 0 Å². The van der Waals surface area contributed by atoms with Crippen molar-refractivity contribution in [3.05, 3.63) is 79.4 Å². The molecule has 180 valence electrons. The minimum Gasteiger partial charge on any atom is -0.348 e. The monoisotopic (exact) mass is 468 g/mol. The molecule has 11 heteroatoms. The number of hydrogen-bond donors (Lipinski definition) is 0. The van der Waals surface area contributed by atoms with Crippen LogP contribution in [0.1, 0.15) is 61.7 Å². The lowest BCUT2D eigenvalue weighted by atomic mass is 10.1. The third-order valence-corrected chi connectivity index (χ3v) is 4.29. The summed E-state index contributed by atoms with van der Waals surface area (Å²) in [6, 6.07) is 6.04. The van der Waals surface area contributed by atoms with Crippen LogP contribution >= 0.6 is 0 Å². The van der Waals surface area contributed by atoms with Gasteiger partial charge in [0.25, 0.3) is 11.4 Å². The van der Waals surface area contributed by atoms with Crippen molar-refractivity contribution in [1.82, 2.24) is 0 Å². The quantitative estimate of drug-likeness (QED) is 0.125. The Kier molecular flexibility index (Phi) is 12.3. The fourth-order valence-corrected chi connectivity index (χ4v) is 2.56. The fraction of sp³-hybridized carbons (Fsp3) is 0.409. The first-order valence-electron chi connectivity index (χ1n) is 10.3. The predicted octanol–water partition coefficient (Wildman–Crippen LogP) is 5.91. The van der Waals surface area contributed by atoms with Gasteiger partial charge in [-0.3, -0.25) is 25.0 Å². The molecule has 0 N–H and O–H groups in total. The number of nitrogens with zero attached hydrogens (tertiary/aromatic N) is 2. The number of nitro benzene ring substituents is 2. The number of benzene rings is 2. The second-order valence-corrected chi connectivity index (χ2v) is 6.82. The molecule has 2 aromatic rings. The first-order valence-corrected chi connectivity index (χ1v) is 10.3. The molecule has 0 unspecified atom stereocenters. The van der Waals surface area contributed by atoms with Gasteiger partial charge in [0.15, 0.2) is 12.6 Å². The van der Waals surface area contributed by atoms with Crippen molar-refractivity contribution in [2.24, 2.45) is 0 Å². The van der Waals surface area contributed by atoms with Crippen LogP contribution in [0.25, 0.3) is 0 Å². The van der Waals surface area contributed by atoms with Gasteiger partial charge in [0.05, 0.1) is 34.2 Å². The number of carbonyl (C=O) groups excluding carboxylic acids is 1. The molecular formula is C22H26F2N2O7. The average Bonchev–Trinajstić information content (AvgIpc) is 2.78. The van der Waals surface area contributed by atoms with E-state index in [0.717, 1.165) is 62.1 Å². The molecule has 0 aliphatic heterocycles. The molecule has 0 aromatic heterocycles. The van der Waals surface area contributed by atoms with Crippen LogP contribution in [0.4, 0.5) is 20.2 Å². The maximum atomic E-state index is 13.4. The third-order valence-electron chi connectivity index (χ3n) is 4.29. The topological polar surface area (TPSA) is 122 Å². The van der Waals surface area contributed by atoms with Crippen LogP contribution in [0.2, 0.25) is 0 Å². The van der Waals surface area contributed by atoms with E-state index in [0.29, 0.717) is 13.2 Å². The zero-order chi connectivity index (χ0) is 24.8. The highest BCUT2D eigenvalue weighted by Crippen LogP contribution is 2.30. The van der Waals surface area contributed by atoms with Gasteiger partial charge in [-0.15, -0.1) is 0 Å². The van der Waals surface area contributed by atoms with Gasteiger partial charge in [0, 0.05) is 12.1 Å². The van der Waals surface area contributed by atoms with Crippen LogP contribution < -0.4 is 0 Å². The Labute approximate surface area is 189 Å². The van der Waals surface area contributed by atoms with Gasteiger partial charge in [-0.05, 0) is 37.1 Å². The molecule has 0 bridgehead atoms. The Morgan fingerprint density at radius 2 is 1.36 bits per heavy atom. The zero-order valence-corrected chi connectivity index (χ0v) is 18.4. The number of halogens is 2. The molecule has 9 nitrogen and oxygen atoms in total. The molecule has 0 saturated heterocycles. The number of aldehydes is 1. The van der Waals surface area contributed by atoms with Gasteiger partial charge in [-0.2, -0.15) is 0 Å². The molecular weight excluding hydrogens is 442 g/mol. The third kappa shape index (κ3) is 9.38. The number of nitro groups is 2. The predicted molar refractivity (Wildman–Crippen MR) is 116 cm³/mol. The maximum Gasteiger partial charge on any atom is 0.280 e. The van der Waals surface area contributed by atoms with E-state index in [4.69, 9.17) is 9.47 Å². The van der Waals surface area contributed by atoms with Gasteiger partial charge >= 0.3 is 0 Å². The van der Waals surface area contributed by atoms with E-state index in [9.17, 15) is 33.8 Å². The van der Waals surface area contributed by atoms with Crippen LogP contribution in [-0.2, 0) is 9.47 Å². The molecule has 0 spiro atoms. The summed E-state index contributed by atoms with van der Waals surface area (Å²) in [6.45, 7) is 4.86. The van der Waals surface area contributed by atoms with E-state index in [1.165, 1.54) is 0 Å². The van der Waals surface area contributed by atoms with Crippen molar-refractivity contribution in [3.63, 3.8) is 0 Å². The Balaban J connectivity index is 0.000000383.